The summed E-state index contributed by atoms with van der Waals surface area (Å²) in [5.74, 6) is -0.172. The number of fused-ring (bicyclic) bond motifs is 1. The predicted octanol–water partition coefficient (Wildman–Crippen LogP) is 4.05. The first kappa shape index (κ1) is 15.3. The molecule has 1 aliphatic rings. The molecule has 0 aliphatic carbocycles. The maximum atomic E-state index is 13.4. The number of hydrogen-bond acceptors (Lipinski definition) is 3. The van der Waals surface area contributed by atoms with E-state index in [2.05, 4.69) is 10.4 Å². The molecule has 7 heteroatoms. The number of rotatable bonds is 3. The van der Waals surface area contributed by atoms with Crippen molar-refractivity contribution in [3.05, 3.63) is 53.7 Å². The van der Waals surface area contributed by atoms with E-state index in [1.165, 1.54) is 6.20 Å². The van der Waals surface area contributed by atoms with Crippen LogP contribution in [0.3, 0.4) is 0 Å². The van der Waals surface area contributed by atoms with Gasteiger partial charge in [-0.15, -0.1) is 0 Å². The smallest absolute Gasteiger partial charge is 0.340 e. The monoisotopic (exact) mass is 321 g/mol. The minimum Gasteiger partial charge on any atom is -0.340 e. The number of alkyl halides is 3. The molecular formula is C16H14F3N3O. The van der Waals surface area contributed by atoms with Crippen molar-refractivity contribution in [3.8, 4) is 0 Å². The Morgan fingerprint density at radius 3 is 2.61 bits per heavy atom. The van der Waals surface area contributed by atoms with Crippen molar-refractivity contribution in [2.75, 3.05) is 5.32 Å². The third-order valence-electron chi connectivity index (χ3n) is 3.68. The highest BCUT2D eigenvalue weighted by Gasteiger charge is 2.44. The molecule has 4 nitrogen and oxygen atoms in total. The highest BCUT2D eigenvalue weighted by molar-refractivity contribution is 6.01. The fourth-order valence-corrected chi connectivity index (χ4v) is 2.51. The standard InChI is InChI=1S/C16H14F3N3O/c1-2-13(23)11-9-20-22-14(16(17,18)19)8-12(21-15(11)22)10-6-4-3-5-7-10/h3-9,14,21H,2H2,1H3. The number of carbonyl (C=O) groups excluding carboxylic acids is 1. The zero-order chi connectivity index (χ0) is 16.6. The summed E-state index contributed by atoms with van der Waals surface area (Å²) in [5, 5.41) is 6.69. The average Bonchev–Trinajstić information content (AvgIpc) is 2.97. The Balaban J connectivity index is 2.12. The molecule has 1 N–H and O–H groups in total. The summed E-state index contributed by atoms with van der Waals surface area (Å²) in [6.45, 7) is 1.66. The fraction of sp³-hybridized carbons (Fsp3) is 0.250. The first-order chi connectivity index (χ1) is 10.9. The van der Waals surface area contributed by atoms with Gasteiger partial charge in [0.05, 0.1) is 11.8 Å². The van der Waals surface area contributed by atoms with E-state index in [1.807, 2.05) is 0 Å². The van der Waals surface area contributed by atoms with Crippen molar-refractivity contribution < 1.29 is 18.0 Å². The molecule has 0 bridgehead atoms. The minimum atomic E-state index is -4.50. The van der Waals surface area contributed by atoms with Crippen LogP contribution in [0.25, 0.3) is 5.70 Å². The fourth-order valence-electron chi connectivity index (χ4n) is 2.51. The third-order valence-corrected chi connectivity index (χ3v) is 3.68. The van der Waals surface area contributed by atoms with E-state index in [0.717, 1.165) is 10.8 Å². The summed E-state index contributed by atoms with van der Waals surface area (Å²) in [5.41, 5.74) is 1.10. The first-order valence-corrected chi connectivity index (χ1v) is 7.13. The lowest BCUT2D eigenvalue weighted by Gasteiger charge is -2.27. The van der Waals surface area contributed by atoms with Crippen LogP contribution < -0.4 is 5.32 Å². The van der Waals surface area contributed by atoms with Crippen molar-refractivity contribution in [1.29, 1.82) is 0 Å². The molecule has 120 valence electrons. The number of nitrogens with zero attached hydrogens (tertiary/aromatic N) is 2. The van der Waals surface area contributed by atoms with Crippen LogP contribution in [0.4, 0.5) is 19.0 Å². The van der Waals surface area contributed by atoms with Crippen LogP contribution in [0, 0.1) is 0 Å². The van der Waals surface area contributed by atoms with Crippen molar-refractivity contribution in [1.82, 2.24) is 9.78 Å². The van der Waals surface area contributed by atoms with Crippen LogP contribution in [0.5, 0.6) is 0 Å². The SMILES string of the molecule is CCC(=O)c1cnn2c1NC(c1ccccc1)=CC2C(F)(F)F. The number of carbonyl (C=O) groups is 1. The topological polar surface area (TPSA) is 46.9 Å². The molecule has 0 radical (unpaired) electrons. The van der Waals surface area contributed by atoms with Gasteiger partial charge in [-0.05, 0) is 11.6 Å². The molecule has 3 rings (SSSR count). The highest BCUT2D eigenvalue weighted by Crippen LogP contribution is 2.40. The molecule has 1 aromatic carbocycles. The Morgan fingerprint density at radius 2 is 2.00 bits per heavy atom. The largest absolute Gasteiger partial charge is 0.414 e. The number of nitrogens with one attached hydrogen (secondary N) is 1. The van der Waals surface area contributed by atoms with Crippen LogP contribution >= 0.6 is 0 Å². The second-order valence-corrected chi connectivity index (χ2v) is 5.19. The van der Waals surface area contributed by atoms with Crippen LogP contribution in [0.2, 0.25) is 0 Å². The normalized spacial score (nSPS) is 17.2. The molecule has 1 atom stereocenters. The number of allylic oxidation sites excluding steroid dienone is 1. The first-order valence-electron chi connectivity index (χ1n) is 7.13. The zero-order valence-electron chi connectivity index (χ0n) is 12.3. The van der Waals surface area contributed by atoms with Gasteiger partial charge in [0.15, 0.2) is 11.8 Å². The van der Waals surface area contributed by atoms with E-state index in [1.54, 1.807) is 37.3 Å². The number of aromatic nitrogens is 2. The van der Waals surface area contributed by atoms with Gasteiger partial charge in [0.2, 0.25) is 0 Å². The summed E-state index contributed by atoms with van der Waals surface area (Å²) in [4.78, 5) is 12.0. The molecule has 0 saturated carbocycles. The molecule has 2 heterocycles. The maximum absolute atomic E-state index is 13.4. The molecular weight excluding hydrogens is 307 g/mol. The number of hydrogen-bond donors (Lipinski definition) is 1. The predicted molar refractivity (Wildman–Crippen MR) is 80.0 cm³/mol. The minimum absolute atomic E-state index is 0.0838. The van der Waals surface area contributed by atoms with Gasteiger partial charge in [-0.25, -0.2) is 4.68 Å². The molecule has 2 aromatic rings. The van der Waals surface area contributed by atoms with Gasteiger partial charge in [0.25, 0.3) is 0 Å². The zero-order valence-corrected chi connectivity index (χ0v) is 12.3. The van der Waals surface area contributed by atoms with E-state index in [0.29, 0.717) is 11.3 Å². The maximum Gasteiger partial charge on any atom is 0.414 e. The molecule has 1 unspecified atom stereocenters. The number of ketones is 1. The van der Waals surface area contributed by atoms with Crippen LogP contribution in [-0.2, 0) is 0 Å². The summed E-state index contributed by atoms with van der Waals surface area (Å²) in [6.07, 6.45) is -2.04. The lowest BCUT2D eigenvalue weighted by molar-refractivity contribution is -0.157. The average molecular weight is 321 g/mol. The summed E-state index contributed by atoms with van der Waals surface area (Å²) in [6, 6.07) is 6.77. The van der Waals surface area contributed by atoms with Gasteiger partial charge in [-0.2, -0.15) is 18.3 Å². The molecule has 1 aromatic heterocycles. The third kappa shape index (κ3) is 2.74. The molecule has 0 saturated heterocycles. The van der Waals surface area contributed by atoms with E-state index in [4.69, 9.17) is 0 Å². The van der Waals surface area contributed by atoms with Crippen LogP contribution in [0.15, 0.2) is 42.6 Å². The van der Waals surface area contributed by atoms with Gasteiger partial charge in [-0.3, -0.25) is 4.79 Å². The second-order valence-electron chi connectivity index (χ2n) is 5.19. The van der Waals surface area contributed by atoms with Gasteiger partial charge >= 0.3 is 6.18 Å². The number of benzene rings is 1. The van der Waals surface area contributed by atoms with Crippen LogP contribution in [-0.4, -0.2) is 21.7 Å². The Hall–Kier alpha value is -2.57. The molecule has 23 heavy (non-hydrogen) atoms. The van der Waals surface area contributed by atoms with Crippen molar-refractivity contribution in [2.24, 2.45) is 0 Å². The summed E-state index contributed by atoms with van der Waals surface area (Å²) in [7, 11) is 0. The molecule has 0 amide bonds. The van der Waals surface area contributed by atoms with Gasteiger partial charge in [-0.1, -0.05) is 37.3 Å². The van der Waals surface area contributed by atoms with Gasteiger partial charge in [0.1, 0.15) is 5.82 Å². The van der Waals surface area contributed by atoms with Crippen molar-refractivity contribution in [2.45, 2.75) is 25.6 Å². The lowest BCUT2D eigenvalue weighted by Crippen LogP contribution is -2.30. The molecule has 0 fully saturated rings. The molecule has 1 aliphatic heterocycles. The van der Waals surface area contributed by atoms with Crippen molar-refractivity contribution in [3.63, 3.8) is 0 Å². The van der Waals surface area contributed by atoms with Crippen molar-refractivity contribution >= 4 is 17.3 Å². The summed E-state index contributed by atoms with van der Waals surface area (Å²) >= 11 is 0. The number of Topliss-reactive ketones (excluding diaryl/α,β-unsaturated/α-hetero) is 1. The summed E-state index contributed by atoms with van der Waals surface area (Å²) < 4.78 is 41.0. The van der Waals surface area contributed by atoms with Crippen LogP contribution in [0.1, 0.15) is 35.3 Å². The lowest BCUT2D eigenvalue weighted by atomic mass is 10.1. The Morgan fingerprint density at radius 1 is 1.30 bits per heavy atom. The Kier molecular flexibility index (Phi) is 3.71. The Labute approximate surface area is 130 Å². The van der Waals surface area contributed by atoms with Gasteiger partial charge in [0, 0.05) is 12.1 Å². The Bertz CT molecular complexity index is 763. The van der Waals surface area contributed by atoms with Gasteiger partial charge < -0.3 is 5.32 Å². The van der Waals surface area contributed by atoms with E-state index < -0.39 is 12.2 Å². The number of anilines is 1. The highest BCUT2D eigenvalue weighted by atomic mass is 19.4. The van der Waals surface area contributed by atoms with E-state index >= 15 is 0 Å². The van der Waals surface area contributed by atoms with E-state index in [9.17, 15) is 18.0 Å². The second kappa shape index (κ2) is 5.57. The number of halogens is 3. The molecule has 0 spiro atoms. The quantitative estimate of drug-likeness (QED) is 0.868. The van der Waals surface area contributed by atoms with E-state index in [-0.39, 0.29) is 23.6 Å².